The summed E-state index contributed by atoms with van der Waals surface area (Å²) < 4.78 is 12.8. The Balaban J connectivity index is 2.40. The Bertz CT molecular complexity index is 400. The Labute approximate surface area is 102 Å². The van der Waals surface area contributed by atoms with Crippen LogP contribution in [0.2, 0.25) is 0 Å². The van der Waals surface area contributed by atoms with Gasteiger partial charge in [-0.3, -0.25) is 4.79 Å². The van der Waals surface area contributed by atoms with Gasteiger partial charge in [0.15, 0.2) is 0 Å². The highest BCUT2D eigenvalue weighted by atomic mass is 32.2. The first-order valence-corrected chi connectivity index (χ1v) is 6.03. The van der Waals surface area contributed by atoms with E-state index in [2.05, 4.69) is 5.32 Å². The second kappa shape index (κ2) is 6.90. The van der Waals surface area contributed by atoms with E-state index in [4.69, 9.17) is 5.11 Å². The van der Waals surface area contributed by atoms with Gasteiger partial charge in [-0.05, 0) is 17.7 Å². The van der Waals surface area contributed by atoms with Crippen molar-refractivity contribution in [1.82, 2.24) is 5.32 Å². The molecular weight excluding hydrogens is 245 g/mol. The van der Waals surface area contributed by atoms with Gasteiger partial charge in [0.1, 0.15) is 11.9 Å². The second-order valence-electron chi connectivity index (χ2n) is 3.32. The summed E-state index contributed by atoms with van der Waals surface area (Å²) in [6.07, 6.45) is 0.363. The van der Waals surface area contributed by atoms with E-state index in [1.807, 2.05) is 0 Å². The average Bonchev–Trinajstić information content (AvgIpc) is 2.28. The number of carboxylic acids is 1. The molecule has 6 heteroatoms. The van der Waals surface area contributed by atoms with Crippen LogP contribution >= 0.6 is 11.8 Å². The molecule has 0 aliphatic rings. The van der Waals surface area contributed by atoms with Gasteiger partial charge in [0.05, 0.1) is 0 Å². The van der Waals surface area contributed by atoms with Crippen molar-refractivity contribution in [3.63, 3.8) is 0 Å². The zero-order chi connectivity index (χ0) is 12.7. The van der Waals surface area contributed by atoms with Crippen molar-refractivity contribution in [1.29, 1.82) is 0 Å². The molecule has 4 nitrogen and oxygen atoms in total. The maximum atomic E-state index is 12.8. The van der Waals surface area contributed by atoms with Gasteiger partial charge in [-0.2, -0.15) is 11.8 Å². The van der Waals surface area contributed by atoms with E-state index < -0.39 is 12.0 Å². The zero-order valence-corrected chi connectivity index (χ0v) is 9.74. The smallest absolute Gasteiger partial charge is 0.327 e. The maximum Gasteiger partial charge on any atom is 0.327 e. The minimum atomic E-state index is -1.08. The number of hydrogen-bond acceptors (Lipinski definition) is 3. The lowest BCUT2D eigenvalue weighted by molar-refractivity contribution is -0.139. The Morgan fingerprint density at radius 1 is 1.59 bits per heavy atom. The highest BCUT2D eigenvalue weighted by molar-refractivity contribution is 7.98. The quantitative estimate of drug-likeness (QED) is 0.722. The standard InChI is InChI=1S/C11H12FNO3S/c12-9-3-1-2-8(4-9)5-17-6-10(11(15)16)13-7-14/h1-4,7,10H,5-6H2,(H,13,14)(H,15,16). The van der Waals surface area contributed by atoms with E-state index in [-0.39, 0.29) is 11.6 Å². The molecule has 0 radical (unpaired) electrons. The number of carboxylic acid groups (broad SMARTS) is 1. The Kier molecular flexibility index (Phi) is 5.48. The van der Waals surface area contributed by atoms with Crippen LogP contribution in [0.5, 0.6) is 0 Å². The van der Waals surface area contributed by atoms with Gasteiger partial charge in [0, 0.05) is 11.5 Å². The van der Waals surface area contributed by atoms with Gasteiger partial charge in [0.2, 0.25) is 6.41 Å². The monoisotopic (exact) mass is 257 g/mol. The Hall–Kier alpha value is -1.56. The van der Waals surface area contributed by atoms with Crippen LogP contribution in [-0.2, 0) is 15.3 Å². The van der Waals surface area contributed by atoms with Crippen molar-refractivity contribution < 1.29 is 19.1 Å². The minimum Gasteiger partial charge on any atom is -0.480 e. The second-order valence-corrected chi connectivity index (χ2v) is 4.35. The van der Waals surface area contributed by atoms with Gasteiger partial charge in [-0.1, -0.05) is 12.1 Å². The van der Waals surface area contributed by atoms with Gasteiger partial charge in [0.25, 0.3) is 0 Å². The molecule has 1 amide bonds. The normalized spacial score (nSPS) is 11.8. The first kappa shape index (κ1) is 13.5. The first-order chi connectivity index (χ1) is 8.13. The van der Waals surface area contributed by atoms with Gasteiger partial charge in [-0.15, -0.1) is 0 Å². The molecular formula is C11H12FNO3S. The van der Waals surface area contributed by atoms with Crippen molar-refractivity contribution in [3.05, 3.63) is 35.6 Å². The predicted octanol–water partition coefficient (Wildman–Crippen LogP) is 1.26. The van der Waals surface area contributed by atoms with Crippen molar-refractivity contribution in [2.24, 2.45) is 0 Å². The number of carbonyl (C=O) groups excluding carboxylic acids is 1. The number of carbonyl (C=O) groups is 2. The van der Waals surface area contributed by atoms with Crippen LogP contribution < -0.4 is 5.32 Å². The number of amides is 1. The van der Waals surface area contributed by atoms with Crippen molar-refractivity contribution in [2.45, 2.75) is 11.8 Å². The molecule has 0 aliphatic heterocycles. The van der Waals surface area contributed by atoms with Crippen LogP contribution in [0.3, 0.4) is 0 Å². The van der Waals surface area contributed by atoms with Crippen molar-refractivity contribution in [2.75, 3.05) is 5.75 Å². The van der Waals surface area contributed by atoms with Crippen LogP contribution in [0.15, 0.2) is 24.3 Å². The summed E-state index contributed by atoms with van der Waals surface area (Å²) in [6.45, 7) is 0. The number of rotatable bonds is 7. The number of benzene rings is 1. The lowest BCUT2D eigenvalue weighted by Gasteiger charge is -2.10. The topological polar surface area (TPSA) is 66.4 Å². The SMILES string of the molecule is O=CNC(CSCc1cccc(F)c1)C(=O)O. The molecule has 0 saturated heterocycles. The van der Waals surface area contributed by atoms with E-state index in [9.17, 15) is 14.0 Å². The minimum absolute atomic E-state index is 0.241. The van der Waals surface area contributed by atoms with E-state index >= 15 is 0 Å². The summed E-state index contributed by atoms with van der Waals surface area (Å²) in [5.41, 5.74) is 0.783. The molecule has 92 valence electrons. The third-order valence-corrected chi connectivity index (χ3v) is 3.12. The predicted molar refractivity (Wildman–Crippen MR) is 63.2 cm³/mol. The van der Waals surface area contributed by atoms with E-state index in [1.54, 1.807) is 12.1 Å². The number of halogens is 1. The van der Waals surface area contributed by atoms with Gasteiger partial charge >= 0.3 is 5.97 Å². The van der Waals surface area contributed by atoms with Crippen LogP contribution in [0, 0.1) is 5.82 Å². The summed E-state index contributed by atoms with van der Waals surface area (Å²) in [5, 5.41) is 11.0. The summed E-state index contributed by atoms with van der Waals surface area (Å²) in [5.74, 6) is -0.653. The average molecular weight is 257 g/mol. The van der Waals surface area contributed by atoms with Crippen LogP contribution in [0.1, 0.15) is 5.56 Å². The fourth-order valence-electron chi connectivity index (χ4n) is 1.19. The summed E-state index contributed by atoms with van der Waals surface area (Å²) in [6, 6.07) is 5.20. The summed E-state index contributed by atoms with van der Waals surface area (Å²) in [4.78, 5) is 20.9. The molecule has 0 aliphatic carbocycles. The van der Waals surface area contributed by atoms with Crippen LogP contribution in [-0.4, -0.2) is 29.3 Å². The fraction of sp³-hybridized carbons (Fsp3) is 0.273. The van der Waals surface area contributed by atoms with E-state index in [1.165, 1.54) is 23.9 Å². The third kappa shape index (κ3) is 4.86. The van der Waals surface area contributed by atoms with E-state index in [0.29, 0.717) is 12.2 Å². The molecule has 0 bridgehead atoms. The number of aliphatic carboxylic acids is 1. The highest BCUT2D eigenvalue weighted by Crippen LogP contribution is 2.14. The Morgan fingerprint density at radius 2 is 2.35 bits per heavy atom. The Morgan fingerprint density at radius 3 is 2.94 bits per heavy atom. The molecule has 0 spiro atoms. The van der Waals surface area contributed by atoms with Crippen LogP contribution in [0.25, 0.3) is 0 Å². The lowest BCUT2D eigenvalue weighted by Crippen LogP contribution is -2.37. The molecule has 0 saturated carbocycles. The molecule has 1 rings (SSSR count). The van der Waals surface area contributed by atoms with Gasteiger partial charge in [-0.25, -0.2) is 9.18 Å². The molecule has 0 aromatic heterocycles. The zero-order valence-electron chi connectivity index (χ0n) is 8.93. The molecule has 1 aromatic carbocycles. The highest BCUT2D eigenvalue weighted by Gasteiger charge is 2.15. The molecule has 0 heterocycles. The molecule has 17 heavy (non-hydrogen) atoms. The number of thioether (sulfide) groups is 1. The lowest BCUT2D eigenvalue weighted by atomic mass is 10.2. The fourth-order valence-corrected chi connectivity index (χ4v) is 2.20. The first-order valence-electron chi connectivity index (χ1n) is 4.88. The van der Waals surface area contributed by atoms with Crippen molar-refractivity contribution in [3.8, 4) is 0 Å². The summed E-state index contributed by atoms with van der Waals surface area (Å²) >= 11 is 1.32. The number of hydrogen-bond donors (Lipinski definition) is 2. The molecule has 1 aromatic rings. The van der Waals surface area contributed by atoms with Gasteiger partial charge < -0.3 is 10.4 Å². The largest absolute Gasteiger partial charge is 0.480 e. The molecule has 1 unspecified atom stereocenters. The molecule has 1 atom stereocenters. The third-order valence-electron chi connectivity index (χ3n) is 2.01. The van der Waals surface area contributed by atoms with Crippen LogP contribution in [0.4, 0.5) is 4.39 Å². The van der Waals surface area contributed by atoms with Crippen molar-refractivity contribution >= 4 is 24.1 Å². The molecule has 2 N–H and O–H groups in total. The molecule has 0 fully saturated rings. The maximum absolute atomic E-state index is 12.8. The number of nitrogens with one attached hydrogen (secondary N) is 1. The van der Waals surface area contributed by atoms with E-state index in [0.717, 1.165) is 5.56 Å². The summed E-state index contributed by atoms with van der Waals surface area (Å²) in [7, 11) is 0.